The van der Waals surface area contributed by atoms with Crippen LogP contribution in [0.5, 0.6) is 0 Å². The number of benzene rings is 3. The molecule has 1 N–H and O–H groups in total. The Morgan fingerprint density at radius 1 is 0.786 bits per heavy atom. The van der Waals surface area contributed by atoms with Gasteiger partial charge in [-0.2, -0.15) is 10.2 Å². The third kappa shape index (κ3) is 4.16. The van der Waals surface area contributed by atoms with Gasteiger partial charge in [0.25, 0.3) is 5.91 Å². The molecule has 0 aliphatic rings. The summed E-state index contributed by atoms with van der Waals surface area (Å²) in [6, 6.07) is 26.1. The second-order valence-corrected chi connectivity index (χ2v) is 5.92. The molecule has 0 saturated carbocycles. The van der Waals surface area contributed by atoms with Crippen molar-refractivity contribution in [2.75, 3.05) is 5.32 Å². The van der Waals surface area contributed by atoms with Gasteiger partial charge in [-0.3, -0.25) is 4.79 Å². The molecular weight excluding hydrogens is 352 g/mol. The summed E-state index contributed by atoms with van der Waals surface area (Å²) in [6.45, 7) is 0. The molecule has 1 aromatic heterocycles. The van der Waals surface area contributed by atoms with Gasteiger partial charge in [0.15, 0.2) is 5.69 Å². The zero-order valence-electron chi connectivity index (χ0n) is 14.8. The van der Waals surface area contributed by atoms with E-state index in [0.29, 0.717) is 11.4 Å². The van der Waals surface area contributed by atoms with Crippen molar-refractivity contribution in [3.05, 3.63) is 96.8 Å². The summed E-state index contributed by atoms with van der Waals surface area (Å²) in [5.41, 5.74) is 3.18. The number of carbonyl (C=O) groups excluding carboxylic acids is 1. The first-order chi connectivity index (χ1) is 13.8. The van der Waals surface area contributed by atoms with Crippen LogP contribution in [0.4, 0.5) is 17.1 Å². The van der Waals surface area contributed by atoms with Crippen molar-refractivity contribution in [3.8, 4) is 5.69 Å². The summed E-state index contributed by atoms with van der Waals surface area (Å²) in [7, 11) is 0. The molecule has 28 heavy (non-hydrogen) atoms. The molecule has 0 fully saturated rings. The average Bonchev–Trinajstić information content (AvgIpc) is 3.25. The molecule has 136 valence electrons. The lowest BCUT2D eigenvalue weighted by Crippen LogP contribution is -2.12. The minimum Gasteiger partial charge on any atom is -0.321 e. The lowest BCUT2D eigenvalue weighted by atomic mass is 10.3. The number of carbonyl (C=O) groups is 1. The highest BCUT2D eigenvalue weighted by Crippen LogP contribution is 2.20. The summed E-state index contributed by atoms with van der Waals surface area (Å²) < 4.78 is 1.56. The maximum Gasteiger partial charge on any atom is 0.277 e. The molecule has 0 saturated heterocycles. The Morgan fingerprint density at radius 2 is 1.39 bits per heavy atom. The second-order valence-electron chi connectivity index (χ2n) is 5.92. The van der Waals surface area contributed by atoms with Crippen LogP contribution in [-0.4, -0.2) is 20.9 Å². The van der Waals surface area contributed by atoms with E-state index in [9.17, 15) is 4.79 Å². The molecule has 1 amide bonds. The molecule has 4 rings (SSSR count). The van der Waals surface area contributed by atoms with Gasteiger partial charge in [0, 0.05) is 5.69 Å². The highest BCUT2D eigenvalue weighted by molar-refractivity contribution is 6.02. The van der Waals surface area contributed by atoms with Crippen molar-refractivity contribution < 1.29 is 4.79 Å². The SMILES string of the molecule is O=C(Nc1ccc(N=Nc2ccccc2)cc1)c1cn(-c2ccccc2)nn1. The van der Waals surface area contributed by atoms with E-state index in [2.05, 4.69) is 25.9 Å². The van der Waals surface area contributed by atoms with Crippen molar-refractivity contribution in [2.24, 2.45) is 10.2 Å². The molecule has 0 aliphatic carbocycles. The van der Waals surface area contributed by atoms with Crippen molar-refractivity contribution in [1.82, 2.24) is 15.0 Å². The fourth-order valence-corrected chi connectivity index (χ4v) is 2.49. The number of amides is 1. The van der Waals surface area contributed by atoms with E-state index in [-0.39, 0.29) is 11.6 Å². The normalized spacial score (nSPS) is 10.9. The van der Waals surface area contributed by atoms with Gasteiger partial charge < -0.3 is 5.32 Å². The number of nitrogens with one attached hydrogen (secondary N) is 1. The third-order valence-corrected chi connectivity index (χ3v) is 3.91. The summed E-state index contributed by atoms with van der Waals surface area (Å²) in [5, 5.41) is 19.1. The Kier molecular flexibility index (Phi) is 4.97. The standard InChI is InChI=1S/C21H16N6O/c28-21(20-15-27(26-25-20)19-9-5-2-6-10-19)22-16-11-13-18(14-12-16)24-23-17-7-3-1-4-8-17/h1-15H,(H,22,28). The topological polar surface area (TPSA) is 84.5 Å². The van der Waals surface area contributed by atoms with Gasteiger partial charge in [0.1, 0.15) is 0 Å². The molecule has 0 atom stereocenters. The lowest BCUT2D eigenvalue weighted by Gasteiger charge is -2.02. The maximum atomic E-state index is 12.4. The van der Waals surface area contributed by atoms with Gasteiger partial charge in [-0.25, -0.2) is 4.68 Å². The Hall–Kier alpha value is -4.13. The Labute approximate surface area is 161 Å². The fourth-order valence-electron chi connectivity index (χ4n) is 2.49. The van der Waals surface area contributed by atoms with Crippen molar-refractivity contribution in [2.45, 2.75) is 0 Å². The molecule has 0 bridgehead atoms. The average molecular weight is 368 g/mol. The Morgan fingerprint density at radius 3 is 2.07 bits per heavy atom. The largest absolute Gasteiger partial charge is 0.321 e. The van der Waals surface area contributed by atoms with Gasteiger partial charge in [0.2, 0.25) is 0 Å². The van der Waals surface area contributed by atoms with Crippen LogP contribution < -0.4 is 5.32 Å². The molecule has 0 radical (unpaired) electrons. The smallest absolute Gasteiger partial charge is 0.277 e. The number of rotatable bonds is 5. The van der Waals surface area contributed by atoms with Gasteiger partial charge in [0.05, 0.1) is 23.3 Å². The van der Waals surface area contributed by atoms with Crippen LogP contribution in [0.2, 0.25) is 0 Å². The molecule has 3 aromatic carbocycles. The minimum absolute atomic E-state index is 0.233. The molecular formula is C21H16N6O. The lowest BCUT2D eigenvalue weighted by molar-refractivity contribution is 0.102. The van der Waals surface area contributed by atoms with E-state index in [0.717, 1.165) is 11.4 Å². The second kappa shape index (κ2) is 8.05. The van der Waals surface area contributed by atoms with E-state index in [1.807, 2.05) is 60.7 Å². The number of aromatic nitrogens is 3. The summed E-state index contributed by atoms with van der Waals surface area (Å²) in [5.74, 6) is -0.333. The summed E-state index contributed by atoms with van der Waals surface area (Å²) in [6.07, 6.45) is 1.59. The summed E-state index contributed by atoms with van der Waals surface area (Å²) >= 11 is 0. The number of hydrogen-bond acceptors (Lipinski definition) is 5. The van der Waals surface area contributed by atoms with Crippen LogP contribution in [0.3, 0.4) is 0 Å². The number of azo groups is 1. The van der Waals surface area contributed by atoms with Crippen LogP contribution in [0.1, 0.15) is 10.5 Å². The number of nitrogens with zero attached hydrogens (tertiary/aromatic N) is 5. The zero-order chi connectivity index (χ0) is 19.2. The Balaban J connectivity index is 1.41. The fraction of sp³-hybridized carbons (Fsp3) is 0. The van der Waals surface area contributed by atoms with Crippen molar-refractivity contribution >= 4 is 23.0 Å². The van der Waals surface area contributed by atoms with Crippen molar-refractivity contribution in [1.29, 1.82) is 0 Å². The van der Waals surface area contributed by atoms with Crippen LogP contribution in [0.15, 0.2) is 101 Å². The molecule has 0 spiro atoms. The van der Waals surface area contributed by atoms with E-state index >= 15 is 0 Å². The molecule has 4 aromatic rings. The first-order valence-electron chi connectivity index (χ1n) is 8.64. The zero-order valence-corrected chi connectivity index (χ0v) is 14.8. The predicted molar refractivity (Wildman–Crippen MR) is 106 cm³/mol. The molecule has 0 unspecified atom stereocenters. The third-order valence-electron chi connectivity index (χ3n) is 3.91. The van der Waals surface area contributed by atoms with E-state index in [1.165, 1.54) is 0 Å². The van der Waals surface area contributed by atoms with Crippen molar-refractivity contribution in [3.63, 3.8) is 0 Å². The maximum absolute atomic E-state index is 12.4. The van der Waals surface area contributed by atoms with E-state index in [4.69, 9.17) is 0 Å². The quantitative estimate of drug-likeness (QED) is 0.507. The van der Waals surface area contributed by atoms with Crippen LogP contribution >= 0.6 is 0 Å². The Bertz CT molecular complexity index is 1090. The highest BCUT2D eigenvalue weighted by atomic mass is 16.2. The summed E-state index contributed by atoms with van der Waals surface area (Å²) in [4.78, 5) is 12.4. The van der Waals surface area contributed by atoms with E-state index < -0.39 is 0 Å². The molecule has 7 nitrogen and oxygen atoms in total. The van der Waals surface area contributed by atoms with Gasteiger partial charge >= 0.3 is 0 Å². The number of hydrogen-bond donors (Lipinski definition) is 1. The molecule has 1 heterocycles. The van der Waals surface area contributed by atoms with E-state index in [1.54, 1.807) is 35.1 Å². The van der Waals surface area contributed by atoms with Gasteiger partial charge in [-0.15, -0.1) is 5.10 Å². The predicted octanol–water partition coefficient (Wildman–Crippen LogP) is 4.94. The highest BCUT2D eigenvalue weighted by Gasteiger charge is 2.11. The first kappa shape index (κ1) is 17.3. The number of para-hydroxylation sites is 1. The first-order valence-corrected chi connectivity index (χ1v) is 8.64. The number of anilines is 1. The van der Waals surface area contributed by atoms with Crippen LogP contribution in [0.25, 0.3) is 5.69 Å². The molecule has 0 aliphatic heterocycles. The van der Waals surface area contributed by atoms with Gasteiger partial charge in [-0.05, 0) is 48.5 Å². The minimum atomic E-state index is -0.333. The monoisotopic (exact) mass is 368 g/mol. The molecule has 7 heteroatoms. The van der Waals surface area contributed by atoms with Crippen LogP contribution in [0, 0.1) is 0 Å². The van der Waals surface area contributed by atoms with Crippen LogP contribution in [-0.2, 0) is 0 Å². The van der Waals surface area contributed by atoms with Gasteiger partial charge in [-0.1, -0.05) is 41.6 Å².